The van der Waals surface area contributed by atoms with Gasteiger partial charge in [0.05, 0.1) is 19.0 Å². The summed E-state index contributed by atoms with van der Waals surface area (Å²) in [5.41, 5.74) is 0.440. The highest BCUT2D eigenvalue weighted by molar-refractivity contribution is 7.89. The standard InChI is InChI=1S/C15H14ClN3O4S2/c1-23-12-3-2-10(16)8-13(12)25(21,22)18-5-6-19-9-17-11-4-7-24-14(11)15(19)20/h2-4,7-9,18H,5-6H2,1H3. The first-order valence-corrected chi connectivity index (χ1v) is 9.92. The number of hydrogen-bond acceptors (Lipinski definition) is 6. The molecular formula is C15H14ClN3O4S2. The summed E-state index contributed by atoms with van der Waals surface area (Å²) in [6.45, 7) is 0.179. The van der Waals surface area contributed by atoms with Crippen molar-refractivity contribution in [2.75, 3.05) is 13.7 Å². The zero-order chi connectivity index (χ0) is 18.0. The van der Waals surface area contributed by atoms with E-state index in [4.69, 9.17) is 16.3 Å². The summed E-state index contributed by atoms with van der Waals surface area (Å²) in [6, 6.07) is 6.10. The molecule has 1 aromatic carbocycles. The molecule has 0 radical (unpaired) electrons. The van der Waals surface area contributed by atoms with Gasteiger partial charge in [-0.05, 0) is 29.6 Å². The fourth-order valence-corrected chi connectivity index (χ4v) is 4.52. The topological polar surface area (TPSA) is 90.3 Å². The molecule has 0 aliphatic carbocycles. The van der Waals surface area contributed by atoms with E-state index in [-0.39, 0.29) is 34.3 Å². The van der Waals surface area contributed by atoms with E-state index in [1.165, 1.54) is 41.5 Å². The second kappa shape index (κ2) is 7.12. The molecule has 0 bridgehead atoms. The van der Waals surface area contributed by atoms with Gasteiger partial charge >= 0.3 is 0 Å². The molecule has 0 fully saturated rings. The Morgan fingerprint density at radius 3 is 2.92 bits per heavy atom. The Bertz CT molecular complexity index is 1080. The number of thiophene rings is 1. The Balaban J connectivity index is 1.77. The Morgan fingerprint density at radius 2 is 2.16 bits per heavy atom. The van der Waals surface area contributed by atoms with Gasteiger partial charge in [-0.2, -0.15) is 0 Å². The van der Waals surface area contributed by atoms with Crippen LogP contribution >= 0.6 is 22.9 Å². The largest absolute Gasteiger partial charge is 0.495 e. The van der Waals surface area contributed by atoms with Crippen molar-refractivity contribution in [1.82, 2.24) is 14.3 Å². The number of nitrogens with zero attached hydrogens (tertiary/aromatic N) is 2. The Kier molecular flexibility index (Phi) is 5.09. The summed E-state index contributed by atoms with van der Waals surface area (Å²) in [5, 5.41) is 2.07. The number of rotatable bonds is 6. The smallest absolute Gasteiger partial charge is 0.271 e. The quantitative estimate of drug-likeness (QED) is 0.685. The highest BCUT2D eigenvalue weighted by Gasteiger charge is 2.19. The molecule has 25 heavy (non-hydrogen) atoms. The molecule has 0 unspecified atom stereocenters. The summed E-state index contributed by atoms with van der Waals surface area (Å²) in [7, 11) is -2.45. The minimum absolute atomic E-state index is 0.0243. The minimum Gasteiger partial charge on any atom is -0.495 e. The Morgan fingerprint density at radius 1 is 1.36 bits per heavy atom. The van der Waals surface area contributed by atoms with E-state index in [0.717, 1.165) is 0 Å². The van der Waals surface area contributed by atoms with Crippen LogP contribution in [0.15, 0.2) is 45.7 Å². The third kappa shape index (κ3) is 3.69. The van der Waals surface area contributed by atoms with Gasteiger partial charge in [-0.3, -0.25) is 9.36 Å². The highest BCUT2D eigenvalue weighted by atomic mass is 35.5. The molecule has 0 atom stereocenters. The summed E-state index contributed by atoms with van der Waals surface area (Å²) < 4.78 is 34.3. The maximum Gasteiger partial charge on any atom is 0.271 e. The number of methoxy groups -OCH3 is 1. The lowest BCUT2D eigenvalue weighted by Crippen LogP contribution is -2.31. The van der Waals surface area contributed by atoms with E-state index in [9.17, 15) is 13.2 Å². The van der Waals surface area contributed by atoms with Gasteiger partial charge in [-0.25, -0.2) is 18.1 Å². The zero-order valence-corrected chi connectivity index (χ0v) is 15.5. The average Bonchev–Trinajstić information content (AvgIpc) is 3.06. The summed E-state index contributed by atoms with van der Waals surface area (Å²) >= 11 is 7.18. The SMILES string of the molecule is COc1ccc(Cl)cc1S(=O)(=O)NCCn1cnc2ccsc2c1=O. The normalized spacial score (nSPS) is 11.8. The van der Waals surface area contributed by atoms with Crippen LogP contribution in [0.1, 0.15) is 0 Å². The van der Waals surface area contributed by atoms with Crippen molar-refractivity contribution in [2.45, 2.75) is 11.4 Å². The van der Waals surface area contributed by atoms with Crippen LogP contribution in [-0.4, -0.2) is 31.6 Å². The lowest BCUT2D eigenvalue weighted by molar-refractivity contribution is 0.402. The fourth-order valence-electron chi connectivity index (χ4n) is 2.28. The van der Waals surface area contributed by atoms with Crippen molar-refractivity contribution >= 4 is 43.2 Å². The number of aromatic nitrogens is 2. The molecular weight excluding hydrogens is 386 g/mol. The molecule has 7 nitrogen and oxygen atoms in total. The third-order valence-electron chi connectivity index (χ3n) is 3.50. The van der Waals surface area contributed by atoms with Crippen molar-refractivity contribution in [3.05, 3.63) is 51.3 Å². The number of sulfonamides is 1. The molecule has 132 valence electrons. The molecule has 0 saturated carbocycles. The van der Waals surface area contributed by atoms with Crippen LogP contribution in [0, 0.1) is 0 Å². The van der Waals surface area contributed by atoms with Crippen LogP contribution in [0.5, 0.6) is 5.75 Å². The van der Waals surface area contributed by atoms with Crippen LogP contribution in [0.3, 0.4) is 0 Å². The van der Waals surface area contributed by atoms with Gasteiger partial charge < -0.3 is 4.74 Å². The van der Waals surface area contributed by atoms with Crippen LogP contribution in [0.2, 0.25) is 5.02 Å². The van der Waals surface area contributed by atoms with Gasteiger partial charge in [0.25, 0.3) is 5.56 Å². The zero-order valence-electron chi connectivity index (χ0n) is 13.1. The summed E-state index contributed by atoms with van der Waals surface area (Å²) in [5.74, 6) is 0.190. The van der Waals surface area contributed by atoms with Crippen molar-refractivity contribution in [3.8, 4) is 5.75 Å². The first-order chi connectivity index (χ1) is 11.9. The highest BCUT2D eigenvalue weighted by Crippen LogP contribution is 2.26. The van der Waals surface area contributed by atoms with Crippen molar-refractivity contribution < 1.29 is 13.2 Å². The molecule has 10 heteroatoms. The van der Waals surface area contributed by atoms with E-state index >= 15 is 0 Å². The van der Waals surface area contributed by atoms with Crippen LogP contribution in [0.25, 0.3) is 10.2 Å². The second-order valence-corrected chi connectivity index (χ2v) is 8.16. The maximum atomic E-state index is 12.5. The van der Waals surface area contributed by atoms with Crippen molar-refractivity contribution in [3.63, 3.8) is 0 Å². The number of hydrogen-bond donors (Lipinski definition) is 1. The van der Waals surface area contributed by atoms with Gasteiger partial charge in [-0.1, -0.05) is 11.6 Å². The molecule has 2 heterocycles. The number of nitrogens with one attached hydrogen (secondary N) is 1. The molecule has 3 rings (SSSR count). The first-order valence-electron chi connectivity index (χ1n) is 7.18. The predicted octanol–water partition coefficient (Wildman–Crippen LogP) is 2.10. The molecule has 0 aliphatic rings. The monoisotopic (exact) mass is 399 g/mol. The number of fused-ring (bicyclic) bond motifs is 1. The van der Waals surface area contributed by atoms with E-state index < -0.39 is 10.0 Å². The minimum atomic E-state index is -3.83. The Hall–Kier alpha value is -1.94. The van der Waals surface area contributed by atoms with Crippen LogP contribution in [-0.2, 0) is 16.6 Å². The first kappa shape index (κ1) is 17.9. The van der Waals surface area contributed by atoms with Crippen molar-refractivity contribution in [2.24, 2.45) is 0 Å². The molecule has 0 amide bonds. The maximum absolute atomic E-state index is 12.5. The molecule has 2 aromatic heterocycles. The lowest BCUT2D eigenvalue weighted by atomic mass is 10.3. The second-order valence-electron chi connectivity index (χ2n) is 5.07. The number of halogens is 1. The third-order valence-corrected chi connectivity index (χ3v) is 6.10. The van der Waals surface area contributed by atoms with Gasteiger partial charge in [0, 0.05) is 18.1 Å². The van der Waals surface area contributed by atoms with Crippen LogP contribution < -0.4 is 15.0 Å². The van der Waals surface area contributed by atoms with Crippen LogP contribution in [0.4, 0.5) is 0 Å². The fraction of sp³-hybridized carbons (Fsp3) is 0.200. The number of benzene rings is 1. The van der Waals surface area contributed by atoms with E-state index in [2.05, 4.69) is 9.71 Å². The molecule has 1 N–H and O–H groups in total. The van der Waals surface area contributed by atoms with E-state index in [1.54, 1.807) is 17.5 Å². The number of ether oxygens (including phenoxy) is 1. The van der Waals surface area contributed by atoms with Gasteiger partial charge in [-0.15, -0.1) is 11.3 Å². The summed E-state index contributed by atoms with van der Waals surface area (Å²) in [4.78, 5) is 16.4. The average molecular weight is 400 g/mol. The Labute approximate surface area is 152 Å². The lowest BCUT2D eigenvalue weighted by Gasteiger charge is -2.11. The van der Waals surface area contributed by atoms with Gasteiger partial charge in [0.1, 0.15) is 15.3 Å². The molecule has 0 aliphatic heterocycles. The van der Waals surface area contributed by atoms with Gasteiger partial charge in [0.15, 0.2) is 0 Å². The molecule has 0 saturated heterocycles. The van der Waals surface area contributed by atoms with Crippen molar-refractivity contribution in [1.29, 1.82) is 0 Å². The van der Waals surface area contributed by atoms with Gasteiger partial charge in [0.2, 0.25) is 10.0 Å². The molecule has 3 aromatic rings. The van der Waals surface area contributed by atoms with E-state index in [0.29, 0.717) is 10.2 Å². The van der Waals surface area contributed by atoms with E-state index in [1.807, 2.05) is 0 Å². The molecule has 0 spiro atoms. The predicted molar refractivity (Wildman–Crippen MR) is 97.1 cm³/mol. The summed E-state index contributed by atoms with van der Waals surface area (Å²) in [6.07, 6.45) is 1.41.